The zero-order valence-corrected chi connectivity index (χ0v) is 16.4. The van der Waals surface area contributed by atoms with Gasteiger partial charge >= 0.3 is 0 Å². The minimum atomic E-state index is -1.62. The van der Waals surface area contributed by atoms with Crippen LogP contribution in [0, 0.1) is 45.3 Å². The van der Waals surface area contributed by atoms with Crippen LogP contribution in [0.4, 0.5) is 0 Å². The minimum absolute atomic E-state index is 0.0443. The van der Waals surface area contributed by atoms with Crippen LogP contribution in [-0.4, -0.2) is 23.0 Å². The van der Waals surface area contributed by atoms with Gasteiger partial charge in [-0.15, -0.1) is 0 Å². The van der Waals surface area contributed by atoms with Crippen molar-refractivity contribution in [3.8, 4) is 18.2 Å². The van der Waals surface area contributed by atoms with Crippen LogP contribution in [0.15, 0.2) is 77.8 Å². The van der Waals surface area contributed by atoms with Crippen LogP contribution in [0.2, 0.25) is 0 Å². The molecule has 2 N–H and O–H groups in total. The maximum Gasteiger partial charge on any atom is 0.191 e. The van der Waals surface area contributed by atoms with Gasteiger partial charge in [0.05, 0.1) is 23.4 Å². The summed E-state index contributed by atoms with van der Waals surface area (Å²) >= 11 is 0. The van der Waals surface area contributed by atoms with Crippen molar-refractivity contribution in [2.24, 2.45) is 17.1 Å². The van der Waals surface area contributed by atoms with Gasteiger partial charge in [-0.3, -0.25) is 9.88 Å². The standard InChI is InChI=1S/C24H20N6/c25-11-20-19-8-10-30(13-17-5-2-1-3-6-17)14-21(19)22(18-7-4-9-29-12-18)24(15-26,16-27)23(20)28/h1-9,12,21-22H,10,13-14,28H2/t21-,22+/m1/s1. The zero-order chi connectivity index (χ0) is 21.1. The highest BCUT2D eigenvalue weighted by atomic mass is 15.1. The maximum atomic E-state index is 10.1. The molecule has 1 aromatic heterocycles. The molecule has 0 fully saturated rings. The molecule has 0 unspecified atom stereocenters. The lowest BCUT2D eigenvalue weighted by Gasteiger charge is -2.45. The molecule has 146 valence electrons. The van der Waals surface area contributed by atoms with Crippen LogP contribution in [0.5, 0.6) is 0 Å². The Kier molecular flexibility index (Phi) is 5.07. The molecule has 6 nitrogen and oxygen atoms in total. The summed E-state index contributed by atoms with van der Waals surface area (Å²) in [5, 5.41) is 30.0. The van der Waals surface area contributed by atoms with Crippen molar-refractivity contribution < 1.29 is 0 Å². The van der Waals surface area contributed by atoms with Crippen molar-refractivity contribution in [2.45, 2.75) is 12.5 Å². The predicted molar refractivity (Wildman–Crippen MR) is 111 cm³/mol. The first-order valence-electron chi connectivity index (χ1n) is 9.74. The Hall–Kier alpha value is -3.92. The highest BCUT2D eigenvalue weighted by molar-refractivity contribution is 5.59. The molecule has 0 saturated carbocycles. The first-order valence-corrected chi connectivity index (χ1v) is 9.74. The van der Waals surface area contributed by atoms with E-state index < -0.39 is 11.3 Å². The number of nitrogens with zero attached hydrogens (tertiary/aromatic N) is 5. The molecule has 2 aliphatic rings. The predicted octanol–water partition coefficient (Wildman–Crippen LogP) is 3.01. The van der Waals surface area contributed by atoms with Crippen LogP contribution in [0.25, 0.3) is 0 Å². The second-order valence-corrected chi connectivity index (χ2v) is 7.64. The van der Waals surface area contributed by atoms with E-state index in [0.29, 0.717) is 13.1 Å². The van der Waals surface area contributed by atoms with Gasteiger partial charge in [0.15, 0.2) is 5.41 Å². The Morgan fingerprint density at radius 2 is 1.87 bits per heavy atom. The fraction of sp³-hybridized carbons (Fsp3) is 0.250. The fourth-order valence-corrected chi connectivity index (χ4v) is 4.65. The second-order valence-electron chi connectivity index (χ2n) is 7.64. The van der Waals surface area contributed by atoms with Crippen molar-refractivity contribution in [2.75, 3.05) is 13.1 Å². The molecule has 2 heterocycles. The van der Waals surface area contributed by atoms with E-state index in [1.807, 2.05) is 30.3 Å². The molecule has 0 radical (unpaired) electrons. The monoisotopic (exact) mass is 392 g/mol. The number of hydrogen-bond acceptors (Lipinski definition) is 6. The van der Waals surface area contributed by atoms with Crippen LogP contribution < -0.4 is 5.73 Å². The smallest absolute Gasteiger partial charge is 0.191 e. The van der Waals surface area contributed by atoms with Gasteiger partial charge in [-0.2, -0.15) is 15.8 Å². The lowest BCUT2D eigenvalue weighted by atomic mass is 9.58. The summed E-state index contributed by atoms with van der Waals surface area (Å²) in [6.45, 7) is 2.03. The molecule has 30 heavy (non-hydrogen) atoms. The fourth-order valence-electron chi connectivity index (χ4n) is 4.65. The Morgan fingerprint density at radius 1 is 1.10 bits per heavy atom. The molecule has 1 aliphatic carbocycles. The van der Waals surface area contributed by atoms with Gasteiger partial charge in [-0.05, 0) is 22.8 Å². The second kappa shape index (κ2) is 7.84. The largest absolute Gasteiger partial charge is 0.399 e. The highest BCUT2D eigenvalue weighted by Crippen LogP contribution is 2.54. The summed E-state index contributed by atoms with van der Waals surface area (Å²) in [7, 11) is 0. The number of rotatable bonds is 3. The lowest BCUT2D eigenvalue weighted by molar-refractivity contribution is 0.201. The van der Waals surface area contributed by atoms with Crippen molar-refractivity contribution in [1.29, 1.82) is 15.8 Å². The van der Waals surface area contributed by atoms with Crippen LogP contribution in [0.1, 0.15) is 17.0 Å². The van der Waals surface area contributed by atoms with E-state index in [-0.39, 0.29) is 17.2 Å². The van der Waals surface area contributed by atoms with Gasteiger partial charge in [-0.1, -0.05) is 42.5 Å². The number of allylic oxidation sites excluding steroid dienone is 2. The number of nitrogens with two attached hydrogens (primary N) is 1. The Labute approximate surface area is 175 Å². The summed E-state index contributed by atoms with van der Waals surface area (Å²) in [6.07, 6.45) is 5.36. The van der Waals surface area contributed by atoms with Crippen molar-refractivity contribution >= 4 is 0 Å². The number of hydrogen-bond donors (Lipinski definition) is 1. The molecule has 6 heteroatoms. The average Bonchev–Trinajstić information content (AvgIpc) is 2.80. The third kappa shape index (κ3) is 3.03. The van der Waals surface area contributed by atoms with E-state index in [9.17, 15) is 15.8 Å². The SMILES string of the molecule is N#CC1=C(N)C(C#N)(C#N)[C@@H](c2cccnc2)[C@@H]2CN(Cc3ccccc3)CC=C12. The molecule has 1 aromatic carbocycles. The van der Waals surface area contributed by atoms with E-state index >= 15 is 0 Å². The first-order chi connectivity index (χ1) is 14.6. The van der Waals surface area contributed by atoms with E-state index in [1.54, 1.807) is 18.5 Å². The number of nitriles is 3. The molecular weight excluding hydrogens is 372 g/mol. The summed E-state index contributed by atoms with van der Waals surface area (Å²) in [4.78, 5) is 6.48. The van der Waals surface area contributed by atoms with Gasteiger partial charge in [0.1, 0.15) is 6.07 Å². The van der Waals surface area contributed by atoms with E-state index in [0.717, 1.165) is 17.7 Å². The topological polar surface area (TPSA) is 114 Å². The molecule has 0 saturated heterocycles. The van der Waals surface area contributed by atoms with Crippen LogP contribution >= 0.6 is 0 Å². The summed E-state index contributed by atoms with van der Waals surface area (Å²) in [5.74, 6) is -0.726. The van der Waals surface area contributed by atoms with Gasteiger partial charge in [-0.25, -0.2) is 0 Å². The van der Waals surface area contributed by atoms with Crippen molar-refractivity contribution in [3.05, 3.63) is 88.9 Å². The number of benzene rings is 1. The number of fused-ring (bicyclic) bond motifs is 1. The van der Waals surface area contributed by atoms with Gasteiger partial charge in [0.2, 0.25) is 0 Å². The normalized spacial score (nSPS) is 22.8. The Bertz CT molecular complexity index is 1110. The molecule has 1 aliphatic heterocycles. The zero-order valence-electron chi connectivity index (χ0n) is 16.4. The van der Waals surface area contributed by atoms with Gasteiger partial charge in [0.25, 0.3) is 0 Å². The molecule has 0 bridgehead atoms. The van der Waals surface area contributed by atoms with Gasteiger partial charge in [0, 0.05) is 43.9 Å². The molecule has 2 aromatic rings. The average molecular weight is 392 g/mol. The Balaban J connectivity index is 1.83. The van der Waals surface area contributed by atoms with E-state index in [4.69, 9.17) is 5.73 Å². The number of aromatic nitrogens is 1. The summed E-state index contributed by atoms with van der Waals surface area (Å²) < 4.78 is 0. The molecule has 0 spiro atoms. The van der Waals surface area contributed by atoms with Crippen LogP contribution in [0.3, 0.4) is 0 Å². The third-order valence-corrected chi connectivity index (χ3v) is 6.03. The van der Waals surface area contributed by atoms with Crippen molar-refractivity contribution in [3.63, 3.8) is 0 Å². The number of pyridine rings is 1. The Morgan fingerprint density at radius 3 is 2.50 bits per heavy atom. The highest BCUT2D eigenvalue weighted by Gasteiger charge is 2.54. The first kappa shape index (κ1) is 19.4. The quantitative estimate of drug-likeness (QED) is 0.859. The van der Waals surface area contributed by atoms with E-state index in [1.165, 1.54) is 5.56 Å². The lowest BCUT2D eigenvalue weighted by Crippen LogP contribution is -2.47. The third-order valence-electron chi connectivity index (χ3n) is 6.03. The van der Waals surface area contributed by atoms with E-state index in [2.05, 4.69) is 40.2 Å². The minimum Gasteiger partial charge on any atom is -0.399 e. The summed E-state index contributed by atoms with van der Waals surface area (Å²) in [6, 6.07) is 20.3. The summed E-state index contributed by atoms with van der Waals surface area (Å²) in [5.41, 5.74) is 7.80. The molecule has 0 amide bonds. The maximum absolute atomic E-state index is 10.1. The van der Waals surface area contributed by atoms with Gasteiger partial charge < -0.3 is 5.73 Å². The van der Waals surface area contributed by atoms with Crippen molar-refractivity contribution in [1.82, 2.24) is 9.88 Å². The van der Waals surface area contributed by atoms with Crippen LogP contribution in [-0.2, 0) is 6.54 Å². The molecular formula is C24H20N6. The molecule has 4 rings (SSSR count). The molecule has 2 atom stereocenters.